The van der Waals surface area contributed by atoms with Crippen LogP contribution in [0.25, 0.3) is 0 Å². The van der Waals surface area contributed by atoms with Crippen LogP contribution in [0.3, 0.4) is 0 Å². The maximum Gasteiger partial charge on any atom is 0.162 e. The molecular formula is C11H13ClO. The number of benzene rings is 1. The average Bonchev–Trinajstić information content (AvgIpc) is 2.10. The third-order valence-corrected chi connectivity index (χ3v) is 2.38. The SMILES string of the molecule is CCCC(=O)c1ccc(C)c(Cl)c1. The van der Waals surface area contributed by atoms with E-state index in [9.17, 15) is 4.79 Å². The third kappa shape index (κ3) is 2.56. The summed E-state index contributed by atoms with van der Waals surface area (Å²) in [5.74, 6) is 0.171. The van der Waals surface area contributed by atoms with Gasteiger partial charge in [0.2, 0.25) is 0 Å². The fourth-order valence-electron chi connectivity index (χ4n) is 1.14. The maximum atomic E-state index is 11.4. The molecule has 1 rings (SSSR count). The van der Waals surface area contributed by atoms with E-state index in [4.69, 9.17) is 11.6 Å². The largest absolute Gasteiger partial charge is 0.294 e. The predicted molar refractivity (Wildman–Crippen MR) is 55.4 cm³/mol. The van der Waals surface area contributed by atoms with Crippen molar-refractivity contribution in [3.8, 4) is 0 Å². The Morgan fingerprint density at radius 2 is 2.15 bits per heavy atom. The van der Waals surface area contributed by atoms with Gasteiger partial charge in [0.05, 0.1) is 0 Å². The molecule has 0 bridgehead atoms. The first kappa shape index (κ1) is 10.3. The summed E-state index contributed by atoms with van der Waals surface area (Å²) >= 11 is 5.91. The zero-order valence-electron chi connectivity index (χ0n) is 7.93. The lowest BCUT2D eigenvalue weighted by Crippen LogP contribution is -1.97. The van der Waals surface area contributed by atoms with Gasteiger partial charge < -0.3 is 0 Å². The number of ketones is 1. The van der Waals surface area contributed by atoms with Gasteiger partial charge in [-0.3, -0.25) is 4.79 Å². The molecular weight excluding hydrogens is 184 g/mol. The van der Waals surface area contributed by atoms with Crippen LogP contribution in [0, 0.1) is 6.92 Å². The van der Waals surface area contributed by atoms with Crippen LogP contribution < -0.4 is 0 Å². The average molecular weight is 197 g/mol. The molecule has 1 aromatic rings. The van der Waals surface area contributed by atoms with Crippen LogP contribution >= 0.6 is 11.6 Å². The van der Waals surface area contributed by atoms with Gasteiger partial charge in [0.15, 0.2) is 5.78 Å². The zero-order valence-corrected chi connectivity index (χ0v) is 8.69. The predicted octanol–water partition coefficient (Wildman–Crippen LogP) is 3.63. The van der Waals surface area contributed by atoms with Gasteiger partial charge in [-0.1, -0.05) is 30.7 Å². The fraction of sp³-hybridized carbons (Fsp3) is 0.364. The molecule has 0 N–H and O–H groups in total. The van der Waals surface area contributed by atoms with Gasteiger partial charge in [0.1, 0.15) is 0 Å². The fourth-order valence-corrected chi connectivity index (χ4v) is 1.32. The van der Waals surface area contributed by atoms with E-state index in [-0.39, 0.29) is 5.78 Å². The molecule has 70 valence electrons. The first-order valence-corrected chi connectivity index (χ1v) is 4.82. The van der Waals surface area contributed by atoms with E-state index in [1.807, 2.05) is 26.0 Å². The summed E-state index contributed by atoms with van der Waals surface area (Å²) in [5.41, 5.74) is 1.73. The van der Waals surface area contributed by atoms with Crippen molar-refractivity contribution in [3.05, 3.63) is 34.3 Å². The van der Waals surface area contributed by atoms with Crippen molar-refractivity contribution < 1.29 is 4.79 Å². The van der Waals surface area contributed by atoms with Crippen molar-refractivity contribution >= 4 is 17.4 Å². The van der Waals surface area contributed by atoms with Crippen molar-refractivity contribution in [1.82, 2.24) is 0 Å². The van der Waals surface area contributed by atoms with Gasteiger partial charge in [-0.2, -0.15) is 0 Å². The highest BCUT2D eigenvalue weighted by Gasteiger charge is 2.05. The van der Waals surface area contributed by atoms with Gasteiger partial charge >= 0.3 is 0 Å². The van der Waals surface area contributed by atoms with E-state index in [0.717, 1.165) is 17.5 Å². The minimum Gasteiger partial charge on any atom is -0.294 e. The molecule has 0 aliphatic rings. The van der Waals surface area contributed by atoms with Gasteiger partial charge in [0.25, 0.3) is 0 Å². The van der Waals surface area contributed by atoms with Gasteiger partial charge in [0, 0.05) is 17.0 Å². The number of carbonyl (C=O) groups is 1. The van der Waals surface area contributed by atoms with E-state index in [1.54, 1.807) is 6.07 Å². The Hall–Kier alpha value is -0.820. The first-order chi connectivity index (χ1) is 6.15. The molecule has 0 fully saturated rings. The van der Waals surface area contributed by atoms with E-state index < -0.39 is 0 Å². The quantitative estimate of drug-likeness (QED) is 0.675. The van der Waals surface area contributed by atoms with Crippen molar-refractivity contribution in [2.45, 2.75) is 26.7 Å². The van der Waals surface area contributed by atoms with Crippen LogP contribution in [0.1, 0.15) is 35.7 Å². The molecule has 0 heterocycles. The lowest BCUT2D eigenvalue weighted by atomic mass is 10.1. The lowest BCUT2D eigenvalue weighted by Gasteiger charge is -2.01. The second-order valence-corrected chi connectivity index (χ2v) is 3.54. The summed E-state index contributed by atoms with van der Waals surface area (Å²) in [6.45, 7) is 3.92. The summed E-state index contributed by atoms with van der Waals surface area (Å²) in [7, 11) is 0. The van der Waals surface area contributed by atoms with Crippen LogP contribution in [-0.4, -0.2) is 5.78 Å². The van der Waals surface area contributed by atoms with E-state index >= 15 is 0 Å². The van der Waals surface area contributed by atoms with Crippen LogP contribution in [0.2, 0.25) is 5.02 Å². The van der Waals surface area contributed by atoms with E-state index in [1.165, 1.54) is 0 Å². The van der Waals surface area contributed by atoms with Crippen molar-refractivity contribution in [3.63, 3.8) is 0 Å². The molecule has 2 heteroatoms. The highest BCUT2D eigenvalue weighted by Crippen LogP contribution is 2.17. The second kappa shape index (κ2) is 4.43. The number of hydrogen-bond acceptors (Lipinski definition) is 1. The van der Waals surface area contributed by atoms with Gasteiger partial charge in [-0.05, 0) is 25.0 Å². The lowest BCUT2D eigenvalue weighted by molar-refractivity contribution is 0.0982. The van der Waals surface area contributed by atoms with Crippen LogP contribution in [0.15, 0.2) is 18.2 Å². The van der Waals surface area contributed by atoms with Gasteiger partial charge in [-0.25, -0.2) is 0 Å². The van der Waals surface area contributed by atoms with E-state index in [0.29, 0.717) is 11.4 Å². The second-order valence-electron chi connectivity index (χ2n) is 3.14. The summed E-state index contributed by atoms with van der Waals surface area (Å²) in [6.07, 6.45) is 1.48. The Morgan fingerprint density at radius 1 is 1.46 bits per heavy atom. The Labute approximate surface area is 83.7 Å². The number of hydrogen-bond donors (Lipinski definition) is 0. The summed E-state index contributed by atoms with van der Waals surface area (Å²) in [4.78, 5) is 11.4. The van der Waals surface area contributed by atoms with Crippen LogP contribution in [0.5, 0.6) is 0 Å². The third-order valence-electron chi connectivity index (χ3n) is 1.97. The number of aryl methyl sites for hydroxylation is 1. The molecule has 0 radical (unpaired) electrons. The highest BCUT2D eigenvalue weighted by molar-refractivity contribution is 6.31. The number of carbonyl (C=O) groups excluding carboxylic acids is 1. The molecule has 13 heavy (non-hydrogen) atoms. The highest BCUT2D eigenvalue weighted by atomic mass is 35.5. The smallest absolute Gasteiger partial charge is 0.162 e. The van der Waals surface area contributed by atoms with E-state index in [2.05, 4.69) is 0 Å². The maximum absolute atomic E-state index is 11.4. The first-order valence-electron chi connectivity index (χ1n) is 4.44. The van der Waals surface area contributed by atoms with Crippen molar-refractivity contribution in [2.24, 2.45) is 0 Å². The summed E-state index contributed by atoms with van der Waals surface area (Å²) < 4.78 is 0. The Balaban J connectivity index is 2.90. The summed E-state index contributed by atoms with van der Waals surface area (Å²) in [6, 6.07) is 5.46. The van der Waals surface area contributed by atoms with Gasteiger partial charge in [-0.15, -0.1) is 0 Å². The number of halogens is 1. The molecule has 0 saturated heterocycles. The molecule has 0 aromatic heterocycles. The molecule has 0 amide bonds. The molecule has 0 atom stereocenters. The molecule has 0 spiro atoms. The molecule has 1 nitrogen and oxygen atoms in total. The zero-order chi connectivity index (χ0) is 9.84. The number of Topliss-reactive ketones (excluding diaryl/α,β-unsaturated/α-hetero) is 1. The minimum absolute atomic E-state index is 0.171. The standard InChI is InChI=1S/C11H13ClO/c1-3-4-11(13)9-6-5-8(2)10(12)7-9/h5-7H,3-4H2,1-2H3. The van der Waals surface area contributed by atoms with Crippen molar-refractivity contribution in [2.75, 3.05) is 0 Å². The Morgan fingerprint density at radius 3 is 2.69 bits per heavy atom. The molecule has 0 aliphatic heterocycles. The molecule has 1 aromatic carbocycles. The Kier molecular flexibility index (Phi) is 3.49. The summed E-state index contributed by atoms with van der Waals surface area (Å²) in [5, 5.41) is 0.668. The van der Waals surface area contributed by atoms with Crippen molar-refractivity contribution in [1.29, 1.82) is 0 Å². The minimum atomic E-state index is 0.171. The van der Waals surface area contributed by atoms with Crippen LogP contribution in [-0.2, 0) is 0 Å². The van der Waals surface area contributed by atoms with Crippen LogP contribution in [0.4, 0.5) is 0 Å². The Bertz CT molecular complexity index is 318. The topological polar surface area (TPSA) is 17.1 Å². The normalized spacial score (nSPS) is 10.1. The molecule has 0 saturated carbocycles. The molecule has 0 unspecified atom stereocenters. The number of rotatable bonds is 3. The molecule has 0 aliphatic carbocycles. The monoisotopic (exact) mass is 196 g/mol.